The predicted molar refractivity (Wildman–Crippen MR) is 150 cm³/mol. The van der Waals surface area contributed by atoms with Gasteiger partial charge in [0.25, 0.3) is 11.7 Å². The lowest BCUT2D eigenvalue weighted by Gasteiger charge is -2.14. The number of Topliss-reactive ketones (excluding diaryl/α,β-unsaturated/α-hetero) is 1. The summed E-state index contributed by atoms with van der Waals surface area (Å²) in [5.74, 6) is -0.829. The van der Waals surface area contributed by atoms with Gasteiger partial charge in [-0.15, -0.1) is 0 Å². The van der Waals surface area contributed by atoms with Crippen LogP contribution in [0.1, 0.15) is 48.0 Å². The van der Waals surface area contributed by atoms with Gasteiger partial charge in [-0.25, -0.2) is 9.67 Å². The maximum atomic E-state index is 13.5. The molecule has 7 nitrogen and oxygen atoms in total. The average molecular weight is 506 g/mol. The van der Waals surface area contributed by atoms with E-state index in [1.165, 1.54) is 0 Å². The number of amides is 1. The van der Waals surface area contributed by atoms with Crippen LogP contribution in [-0.2, 0) is 23.2 Å². The van der Waals surface area contributed by atoms with E-state index in [9.17, 15) is 9.59 Å². The Labute approximate surface area is 222 Å². The summed E-state index contributed by atoms with van der Waals surface area (Å²) in [6, 6.07) is 21.1. The molecule has 0 fully saturated rings. The van der Waals surface area contributed by atoms with Crippen LogP contribution in [0.15, 0.2) is 85.5 Å². The Morgan fingerprint density at radius 3 is 2.37 bits per heavy atom. The van der Waals surface area contributed by atoms with Crippen molar-refractivity contribution in [3.63, 3.8) is 0 Å². The molecule has 0 radical (unpaired) electrons. The molecule has 0 aliphatic carbocycles. The van der Waals surface area contributed by atoms with Gasteiger partial charge in [-0.05, 0) is 47.9 Å². The molecule has 7 heteroatoms. The van der Waals surface area contributed by atoms with Crippen LogP contribution in [0, 0.1) is 6.92 Å². The summed E-state index contributed by atoms with van der Waals surface area (Å²) in [6.45, 7) is 8.98. The minimum Gasteiger partial charge on any atom is -0.337 e. The molecular weight excluding hydrogens is 474 g/mol. The van der Waals surface area contributed by atoms with Crippen molar-refractivity contribution in [2.45, 2.75) is 46.1 Å². The van der Waals surface area contributed by atoms with Gasteiger partial charge in [-0.2, -0.15) is 5.10 Å². The first-order valence-corrected chi connectivity index (χ1v) is 12.7. The number of imidazole rings is 1. The molecule has 192 valence electrons. The lowest BCUT2D eigenvalue weighted by Crippen LogP contribution is -2.24. The fraction of sp³-hybridized carbons (Fsp3) is 0.226. The third-order valence-corrected chi connectivity index (χ3v) is 6.66. The maximum Gasteiger partial charge on any atom is 0.297 e. The van der Waals surface area contributed by atoms with Crippen molar-refractivity contribution in [3.05, 3.63) is 108 Å². The monoisotopic (exact) mass is 505 g/mol. The SMILES string of the molecule is Cc1ccc(-n2nc(C(C)(C)C)cc2NC(=O)C(=O)c2ccc(CCn3ccnc3)c3ccccc23)cc1. The van der Waals surface area contributed by atoms with Crippen LogP contribution in [0.4, 0.5) is 5.82 Å². The number of nitrogens with one attached hydrogen (secondary N) is 1. The molecule has 38 heavy (non-hydrogen) atoms. The van der Waals surface area contributed by atoms with Crippen LogP contribution >= 0.6 is 0 Å². The Morgan fingerprint density at radius 2 is 1.68 bits per heavy atom. The van der Waals surface area contributed by atoms with Gasteiger partial charge >= 0.3 is 0 Å². The highest BCUT2D eigenvalue weighted by Crippen LogP contribution is 2.28. The van der Waals surface area contributed by atoms with Crippen molar-refractivity contribution in [2.75, 3.05) is 5.32 Å². The van der Waals surface area contributed by atoms with Gasteiger partial charge in [0, 0.05) is 36.0 Å². The summed E-state index contributed by atoms with van der Waals surface area (Å²) in [5.41, 5.74) is 4.00. The van der Waals surface area contributed by atoms with Gasteiger partial charge in [-0.3, -0.25) is 9.59 Å². The lowest BCUT2D eigenvalue weighted by atomic mass is 9.92. The first-order chi connectivity index (χ1) is 18.2. The van der Waals surface area contributed by atoms with Crippen molar-refractivity contribution in [1.29, 1.82) is 0 Å². The van der Waals surface area contributed by atoms with Gasteiger partial charge < -0.3 is 9.88 Å². The number of nitrogens with zero attached hydrogens (tertiary/aromatic N) is 4. The number of fused-ring (bicyclic) bond motifs is 1. The molecule has 0 saturated heterocycles. The Hall–Kier alpha value is -4.52. The third-order valence-electron chi connectivity index (χ3n) is 6.66. The average Bonchev–Trinajstić information content (AvgIpc) is 3.57. The largest absolute Gasteiger partial charge is 0.337 e. The molecule has 1 amide bonds. The number of rotatable bonds is 7. The summed E-state index contributed by atoms with van der Waals surface area (Å²) >= 11 is 0. The Kier molecular flexibility index (Phi) is 6.68. The number of aromatic nitrogens is 4. The van der Waals surface area contributed by atoms with Crippen molar-refractivity contribution < 1.29 is 9.59 Å². The van der Waals surface area contributed by atoms with Gasteiger partial charge in [-0.1, -0.05) is 68.8 Å². The number of hydrogen-bond acceptors (Lipinski definition) is 4. The summed E-state index contributed by atoms with van der Waals surface area (Å²) in [7, 11) is 0. The number of aryl methyl sites for hydroxylation is 3. The second kappa shape index (κ2) is 10.1. The topological polar surface area (TPSA) is 81.8 Å². The van der Waals surface area contributed by atoms with E-state index in [4.69, 9.17) is 5.10 Å². The molecule has 2 aromatic heterocycles. The number of ketones is 1. The van der Waals surface area contributed by atoms with Crippen molar-refractivity contribution >= 4 is 28.3 Å². The van der Waals surface area contributed by atoms with Crippen molar-refractivity contribution in [3.8, 4) is 5.69 Å². The minimum atomic E-state index is -0.699. The summed E-state index contributed by atoms with van der Waals surface area (Å²) < 4.78 is 3.70. The molecule has 5 aromatic rings. The fourth-order valence-corrected chi connectivity index (χ4v) is 4.46. The Bertz CT molecular complexity index is 1610. The molecule has 5 rings (SSSR count). The molecule has 0 saturated carbocycles. The van der Waals surface area contributed by atoms with Crippen LogP contribution in [0.5, 0.6) is 0 Å². The Morgan fingerprint density at radius 1 is 0.947 bits per heavy atom. The summed E-state index contributed by atoms with van der Waals surface area (Å²) in [5, 5.41) is 9.32. The quantitative estimate of drug-likeness (QED) is 0.221. The van der Waals surface area contributed by atoms with E-state index in [2.05, 4.69) is 31.1 Å². The molecule has 0 atom stereocenters. The number of anilines is 1. The minimum absolute atomic E-state index is 0.234. The summed E-state index contributed by atoms with van der Waals surface area (Å²) in [4.78, 5) is 30.9. The molecule has 0 bridgehead atoms. The van der Waals surface area contributed by atoms with Crippen LogP contribution in [0.2, 0.25) is 0 Å². The summed E-state index contributed by atoms with van der Waals surface area (Å²) in [6.07, 6.45) is 6.25. The van der Waals surface area contributed by atoms with E-state index < -0.39 is 11.7 Å². The second-order valence-corrected chi connectivity index (χ2v) is 10.6. The van der Waals surface area contributed by atoms with Crippen LogP contribution in [0.25, 0.3) is 16.5 Å². The molecule has 0 spiro atoms. The number of hydrogen-bond donors (Lipinski definition) is 1. The van der Waals surface area contributed by atoms with Crippen LogP contribution in [0.3, 0.4) is 0 Å². The Balaban J connectivity index is 1.45. The smallest absolute Gasteiger partial charge is 0.297 e. The molecule has 1 N–H and O–H groups in total. The van der Waals surface area contributed by atoms with E-state index >= 15 is 0 Å². The van der Waals surface area contributed by atoms with Gasteiger partial charge in [0.2, 0.25) is 0 Å². The fourth-order valence-electron chi connectivity index (χ4n) is 4.46. The molecule has 2 heterocycles. The highest BCUT2D eigenvalue weighted by molar-refractivity contribution is 6.48. The van der Waals surface area contributed by atoms with Gasteiger partial charge in [0.15, 0.2) is 0 Å². The van der Waals surface area contributed by atoms with Gasteiger partial charge in [0.1, 0.15) is 5.82 Å². The van der Waals surface area contributed by atoms with E-state index in [1.807, 2.05) is 78.4 Å². The zero-order chi connectivity index (χ0) is 26.9. The lowest BCUT2D eigenvalue weighted by molar-refractivity contribution is -0.112. The highest BCUT2D eigenvalue weighted by atomic mass is 16.2. The second-order valence-electron chi connectivity index (χ2n) is 10.6. The maximum absolute atomic E-state index is 13.5. The van der Waals surface area contributed by atoms with Crippen molar-refractivity contribution in [2.24, 2.45) is 0 Å². The number of carbonyl (C=O) groups excluding carboxylic acids is 2. The van der Waals surface area contributed by atoms with E-state index in [-0.39, 0.29) is 5.41 Å². The molecule has 0 unspecified atom stereocenters. The molecular formula is C31H31N5O2. The highest BCUT2D eigenvalue weighted by Gasteiger charge is 2.25. The zero-order valence-electron chi connectivity index (χ0n) is 22.1. The van der Waals surface area contributed by atoms with E-state index in [0.29, 0.717) is 11.4 Å². The van der Waals surface area contributed by atoms with Gasteiger partial charge in [0.05, 0.1) is 17.7 Å². The normalized spacial score (nSPS) is 11.6. The standard InChI is InChI=1S/C31H31N5O2/c1-21-9-12-23(13-10-21)36-28(19-27(34-36)31(2,3)4)33-30(38)29(37)26-14-11-22(15-17-35-18-16-32-20-35)24-7-5-6-8-25(24)26/h5-14,16,18-20H,15,17H2,1-4H3,(H,33,38). The van der Waals surface area contributed by atoms with Crippen LogP contribution < -0.4 is 5.32 Å². The van der Waals surface area contributed by atoms with Crippen LogP contribution in [-0.4, -0.2) is 31.0 Å². The van der Waals surface area contributed by atoms with Crippen molar-refractivity contribution in [1.82, 2.24) is 19.3 Å². The van der Waals surface area contributed by atoms with E-state index in [0.717, 1.165) is 46.2 Å². The van der Waals surface area contributed by atoms with E-state index in [1.54, 1.807) is 23.3 Å². The predicted octanol–water partition coefficient (Wildman–Crippen LogP) is 5.89. The first-order valence-electron chi connectivity index (χ1n) is 12.7. The molecule has 0 aliphatic heterocycles. The molecule has 3 aromatic carbocycles. The molecule has 0 aliphatic rings. The number of benzene rings is 3. The third kappa shape index (κ3) is 5.13. The first kappa shape index (κ1) is 25.1. The number of carbonyl (C=O) groups is 2. The zero-order valence-corrected chi connectivity index (χ0v) is 22.1.